The van der Waals surface area contributed by atoms with Gasteiger partial charge in [-0.2, -0.15) is 0 Å². The minimum absolute atomic E-state index is 0.201. The van der Waals surface area contributed by atoms with Gasteiger partial charge in [0.25, 0.3) is 5.56 Å². The van der Waals surface area contributed by atoms with Crippen LogP contribution < -0.4 is 16.6 Å². The molecule has 1 fully saturated rings. The first kappa shape index (κ1) is 14.1. The van der Waals surface area contributed by atoms with Crippen LogP contribution in [0, 0.1) is 6.92 Å². The third-order valence-electron chi connectivity index (χ3n) is 4.35. The van der Waals surface area contributed by atoms with Crippen molar-refractivity contribution >= 4 is 11.2 Å². The van der Waals surface area contributed by atoms with Crippen LogP contribution in [0.2, 0.25) is 0 Å². The Morgan fingerprint density at radius 3 is 2.71 bits per heavy atom. The molecule has 1 aliphatic rings. The van der Waals surface area contributed by atoms with Gasteiger partial charge in [-0.15, -0.1) is 0 Å². The molecular formula is C14H21N5O2. The Balaban J connectivity index is 2.26. The summed E-state index contributed by atoms with van der Waals surface area (Å²) in [6.45, 7) is 5.62. The fourth-order valence-electron chi connectivity index (χ4n) is 3.05. The Bertz CT molecular complexity index is 792. The van der Waals surface area contributed by atoms with E-state index >= 15 is 0 Å². The molecule has 0 spiro atoms. The molecule has 114 valence electrons. The Hall–Kier alpha value is -1.89. The van der Waals surface area contributed by atoms with Crippen molar-refractivity contribution in [3.8, 4) is 0 Å². The molecule has 2 aromatic heterocycles. The van der Waals surface area contributed by atoms with Gasteiger partial charge in [-0.3, -0.25) is 13.9 Å². The van der Waals surface area contributed by atoms with E-state index in [9.17, 15) is 9.59 Å². The summed E-state index contributed by atoms with van der Waals surface area (Å²) in [6.07, 6.45) is 2.09. The molecule has 3 heterocycles. The Labute approximate surface area is 122 Å². The molecule has 3 rings (SSSR count). The molecule has 0 amide bonds. The van der Waals surface area contributed by atoms with Gasteiger partial charge in [-0.05, 0) is 33.2 Å². The van der Waals surface area contributed by atoms with E-state index in [-0.39, 0.29) is 17.3 Å². The molecule has 0 aromatic carbocycles. The van der Waals surface area contributed by atoms with Crippen molar-refractivity contribution in [2.45, 2.75) is 45.8 Å². The summed E-state index contributed by atoms with van der Waals surface area (Å²) in [6, 6.07) is 0.201. The van der Waals surface area contributed by atoms with E-state index < -0.39 is 0 Å². The molecule has 1 unspecified atom stereocenters. The van der Waals surface area contributed by atoms with Crippen LogP contribution in [0.25, 0.3) is 11.2 Å². The lowest BCUT2D eigenvalue weighted by atomic mass is 10.2. The first-order valence-electron chi connectivity index (χ1n) is 7.44. The summed E-state index contributed by atoms with van der Waals surface area (Å²) in [5.74, 6) is 0.737. The lowest BCUT2D eigenvalue weighted by Gasteiger charge is -2.14. The quantitative estimate of drug-likeness (QED) is 0.862. The minimum Gasteiger partial charge on any atom is -0.325 e. The lowest BCUT2D eigenvalue weighted by molar-refractivity contribution is 0.472. The van der Waals surface area contributed by atoms with E-state index in [1.165, 1.54) is 4.57 Å². The van der Waals surface area contributed by atoms with Crippen molar-refractivity contribution in [3.05, 3.63) is 26.7 Å². The lowest BCUT2D eigenvalue weighted by Crippen LogP contribution is -2.44. The molecule has 7 heteroatoms. The molecule has 1 atom stereocenters. The molecule has 7 nitrogen and oxygen atoms in total. The zero-order valence-corrected chi connectivity index (χ0v) is 12.7. The number of nitrogens with one attached hydrogen (secondary N) is 1. The van der Waals surface area contributed by atoms with Crippen molar-refractivity contribution in [2.24, 2.45) is 7.05 Å². The first-order valence-corrected chi connectivity index (χ1v) is 7.44. The Kier molecular flexibility index (Phi) is 3.44. The van der Waals surface area contributed by atoms with Crippen LogP contribution in [0.3, 0.4) is 0 Å². The van der Waals surface area contributed by atoms with Gasteiger partial charge >= 0.3 is 5.69 Å². The van der Waals surface area contributed by atoms with Crippen molar-refractivity contribution in [1.29, 1.82) is 0 Å². The summed E-state index contributed by atoms with van der Waals surface area (Å²) in [7, 11) is 1.81. The van der Waals surface area contributed by atoms with Gasteiger partial charge in [-0.1, -0.05) is 0 Å². The molecule has 0 saturated carbocycles. The van der Waals surface area contributed by atoms with Gasteiger partial charge in [-0.25, -0.2) is 9.78 Å². The van der Waals surface area contributed by atoms with Gasteiger partial charge in [0.2, 0.25) is 0 Å². The third-order valence-corrected chi connectivity index (χ3v) is 4.35. The number of rotatable bonds is 3. The Morgan fingerprint density at radius 2 is 2.10 bits per heavy atom. The van der Waals surface area contributed by atoms with Crippen molar-refractivity contribution < 1.29 is 0 Å². The fraction of sp³-hybridized carbons (Fsp3) is 0.643. The van der Waals surface area contributed by atoms with Gasteiger partial charge < -0.3 is 9.88 Å². The zero-order valence-electron chi connectivity index (χ0n) is 12.7. The topological polar surface area (TPSA) is 73.8 Å². The fourth-order valence-corrected chi connectivity index (χ4v) is 3.05. The highest BCUT2D eigenvalue weighted by Crippen LogP contribution is 2.10. The van der Waals surface area contributed by atoms with Crippen LogP contribution in [0.15, 0.2) is 9.59 Å². The standard InChI is InChI=1S/C14H21N5O2/c1-4-18-12-11(17(3)9(2)16-12)13(20)19(14(18)21)8-10-6-5-7-15-10/h10,15H,4-8H2,1-3H3. The van der Waals surface area contributed by atoms with Gasteiger partial charge in [0, 0.05) is 26.2 Å². The number of aromatic nitrogens is 4. The molecule has 0 bridgehead atoms. The molecular weight excluding hydrogens is 270 g/mol. The maximum Gasteiger partial charge on any atom is 0.332 e. The van der Waals surface area contributed by atoms with E-state index in [1.54, 1.807) is 9.13 Å². The second kappa shape index (κ2) is 5.14. The second-order valence-electron chi connectivity index (χ2n) is 5.63. The van der Waals surface area contributed by atoms with Crippen LogP contribution >= 0.6 is 0 Å². The van der Waals surface area contributed by atoms with E-state index in [2.05, 4.69) is 10.3 Å². The highest BCUT2D eigenvalue weighted by atomic mass is 16.2. The highest BCUT2D eigenvalue weighted by Gasteiger charge is 2.21. The van der Waals surface area contributed by atoms with Crippen molar-refractivity contribution in [3.63, 3.8) is 0 Å². The predicted molar refractivity (Wildman–Crippen MR) is 80.7 cm³/mol. The zero-order chi connectivity index (χ0) is 15.1. The van der Waals surface area contributed by atoms with Crippen LogP contribution in [0.4, 0.5) is 0 Å². The maximum atomic E-state index is 12.7. The third kappa shape index (κ3) is 2.12. The molecule has 1 aliphatic heterocycles. The number of fused-ring (bicyclic) bond motifs is 1. The molecule has 0 radical (unpaired) electrons. The number of aryl methyl sites for hydroxylation is 3. The van der Waals surface area contributed by atoms with Gasteiger partial charge in [0.15, 0.2) is 11.2 Å². The van der Waals surface area contributed by atoms with Crippen LogP contribution in [0.5, 0.6) is 0 Å². The van der Waals surface area contributed by atoms with Crippen LogP contribution in [-0.4, -0.2) is 31.3 Å². The summed E-state index contributed by atoms with van der Waals surface area (Å²) < 4.78 is 4.70. The summed E-state index contributed by atoms with van der Waals surface area (Å²) in [4.78, 5) is 29.7. The van der Waals surface area contributed by atoms with E-state index in [0.717, 1.165) is 25.2 Å². The number of imidazole rings is 1. The average molecular weight is 291 g/mol. The van der Waals surface area contributed by atoms with Gasteiger partial charge in [0.05, 0.1) is 0 Å². The summed E-state index contributed by atoms with van der Waals surface area (Å²) in [5.41, 5.74) is 0.494. The second-order valence-corrected chi connectivity index (χ2v) is 5.63. The maximum absolute atomic E-state index is 12.7. The molecule has 1 N–H and O–H groups in total. The van der Waals surface area contributed by atoms with Crippen LogP contribution in [0.1, 0.15) is 25.6 Å². The molecule has 0 aliphatic carbocycles. The predicted octanol–water partition coefficient (Wildman–Crippen LogP) is -0.0230. The highest BCUT2D eigenvalue weighted by molar-refractivity contribution is 5.70. The SMILES string of the molecule is CCn1c(=O)n(CC2CCCN2)c(=O)c2c1nc(C)n2C. The van der Waals surface area contributed by atoms with E-state index in [0.29, 0.717) is 24.3 Å². The number of hydrogen-bond donors (Lipinski definition) is 1. The Morgan fingerprint density at radius 1 is 1.33 bits per heavy atom. The largest absolute Gasteiger partial charge is 0.332 e. The summed E-state index contributed by atoms with van der Waals surface area (Å²) >= 11 is 0. The molecule has 2 aromatic rings. The average Bonchev–Trinajstić information content (AvgIpc) is 3.05. The molecule has 1 saturated heterocycles. The number of nitrogens with zero attached hydrogens (tertiary/aromatic N) is 4. The van der Waals surface area contributed by atoms with Crippen molar-refractivity contribution in [2.75, 3.05) is 6.54 Å². The first-order chi connectivity index (χ1) is 10.0. The van der Waals surface area contributed by atoms with Gasteiger partial charge in [0.1, 0.15) is 5.82 Å². The van der Waals surface area contributed by atoms with Crippen LogP contribution in [-0.2, 0) is 20.1 Å². The van der Waals surface area contributed by atoms with E-state index in [4.69, 9.17) is 0 Å². The normalized spacial score (nSPS) is 18.7. The summed E-state index contributed by atoms with van der Waals surface area (Å²) in [5, 5.41) is 3.33. The smallest absolute Gasteiger partial charge is 0.325 e. The molecule has 21 heavy (non-hydrogen) atoms. The monoisotopic (exact) mass is 291 g/mol. The van der Waals surface area contributed by atoms with E-state index in [1.807, 2.05) is 20.9 Å². The van der Waals surface area contributed by atoms with Crippen molar-refractivity contribution in [1.82, 2.24) is 24.0 Å². The number of hydrogen-bond acceptors (Lipinski definition) is 4. The minimum atomic E-state index is -0.262.